The zero-order chi connectivity index (χ0) is 22.9. The van der Waals surface area contributed by atoms with Crippen LogP contribution in [-0.4, -0.2) is 42.2 Å². The van der Waals surface area contributed by atoms with Gasteiger partial charge in [-0.05, 0) is 67.2 Å². The van der Waals surface area contributed by atoms with E-state index in [-0.39, 0.29) is 0 Å². The van der Waals surface area contributed by atoms with Crippen molar-refractivity contribution in [3.8, 4) is 22.3 Å². The highest BCUT2D eigenvalue weighted by Crippen LogP contribution is 2.36. The molecule has 0 radical (unpaired) electrons. The second-order valence-corrected chi connectivity index (χ2v) is 9.29. The molecule has 166 valence electrons. The van der Waals surface area contributed by atoms with Gasteiger partial charge >= 0.3 is 0 Å². The van der Waals surface area contributed by atoms with E-state index in [0.29, 0.717) is 0 Å². The van der Waals surface area contributed by atoms with E-state index < -0.39 is 0 Å². The Bertz CT molecular complexity index is 1430. The van der Waals surface area contributed by atoms with Crippen LogP contribution in [0.3, 0.4) is 0 Å². The Morgan fingerprint density at radius 1 is 0.636 bits per heavy atom. The lowest BCUT2D eigenvalue weighted by atomic mass is 9.93. The summed E-state index contributed by atoms with van der Waals surface area (Å²) < 4.78 is 2.30. The molecular weight excluding hydrogens is 402 g/mol. The number of aryl methyl sites for hydroxylation is 1. The van der Waals surface area contributed by atoms with Gasteiger partial charge in [0.1, 0.15) is 0 Å². The molecule has 1 aromatic heterocycles. The maximum Gasteiger partial charge on any atom is 0.0501 e. The molecule has 0 amide bonds. The van der Waals surface area contributed by atoms with Gasteiger partial charge in [0.2, 0.25) is 0 Å². The fraction of sp³-hybridized carbons (Fsp3) is 0.200. The van der Waals surface area contributed by atoms with E-state index in [1.807, 2.05) is 0 Å². The molecule has 0 fully saturated rings. The molecule has 5 aromatic rings. The highest BCUT2D eigenvalue weighted by atomic mass is 15.3. The number of rotatable bonds is 6. The maximum absolute atomic E-state index is 2.34. The van der Waals surface area contributed by atoms with Gasteiger partial charge < -0.3 is 4.57 Å². The Morgan fingerprint density at radius 3 is 2.06 bits per heavy atom. The van der Waals surface area contributed by atoms with Crippen LogP contribution in [0.5, 0.6) is 0 Å². The lowest BCUT2D eigenvalue weighted by Crippen LogP contribution is -2.29. The standard InChI is InChI=1S/C30H31N3/c1-31(2)21-32(3)20-22-10-9-11-23(18-22)25-12-5-6-13-26(25)24-16-17-28-27-14-7-8-15-29(27)33(4)30(28)19-24/h5-19H,20-21H2,1-4H3. The first-order valence-corrected chi connectivity index (χ1v) is 11.5. The molecule has 5 rings (SSSR count). The molecule has 0 aliphatic rings. The minimum Gasteiger partial charge on any atom is -0.344 e. The summed E-state index contributed by atoms with van der Waals surface area (Å²) in [4.78, 5) is 4.53. The molecule has 1 heterocycles. The van der Waals surface area contributed by atoms with Crippen LogP contribution in [0.25, 0.3) is 44.1 Å². The molecule has 0 bridgehead atoms. The van der Waals surface area contributed by atoms with Gasteiger partial charge in [-0.2, -0.15) is 0 Å². The Hall–Kier alpha value is -3.40. The number of fused-ring (bicyclic) bond motifs is 3. The van der Waals surface area contributed by atoms with Gasteiger partial charge in [0.05, 0.1) is 6.67 Å². The lowest BCUT2D eigenvalue weighted by molar-refractivity contribution is 0.204. The highest BCUT2D eigenvalue weighted by molar-refractivity contribution is 6.09. The number of hydrogen-bond donors (Lipinski definition) is 0. The van der Waals surface area contributed by atoms with E-state index in [0.717, 1.165) is 13.2 Å². The van der Waals surface area contributed by atoms with E-state index >= 15 is 0 Å². The minimum atomic E-state index is 0.927. The van der Waals surface area contributed by atoms with Crippen LogP contribution < -0.4 is 0 Å². The van der Waals surface area contributed by atoms with Gasteiger partial charge in [0.25, 0.3) is 0 Å². The van der Waals surface area contributed by atoms with Crippen LogP contribution in [0.4, 0.5) is 0 Å². The average molecular weight is 434 g/mol. The van der Waals surface area contributed by atoms with E-state index in [1.54, 1.807) is 0 Å². The molecule has 4 aromatic carbocycles. The zero-order valence-corrected chi connectivity index (χ0v) is 19.9. The summed E-state index contributed by atoms with van der Waals surface area (Å²) in [5.41, 5.74) is 8.92. The van der Waals surface area contributed by atoms with Crippen LogP contribution >= 0.6 is 0 Å². The number of aromatic nitrogens is 1. The molecule has 0 unspecified atom stereocenters. The summed E-state index contributed by atoms with van der Waals surface area (Å²) in [6.45, 7) is 1.86. The van der Waals surface area contributed by atoms with Gasteiger partial charge in [0.15, 0.2) is 0 Å². The van der Waals surface area contributed by atoms with Crippen molar-refractivity contribution in [2.24, 2.45) is 7.05 Å². The second kappa shape index (κ2) is 8.86. The van der Waals surface area contributed by atoms with Crippen molar-refractivity contribution in [3.05, 3.63) is 96.6 Å². The first-order chi connectivity index (χ1) is 16.0. The molecule has 0 spiro atoms. The molecular formula is C30H31N3. The summed E-state index contributed by atoms with van der Waals surface area (Å²) in [5.74, 6) is 0. The summed E-state index contributed by atoms with van der Waals surface area (Å²) >= 11 is 0. The average Bonchev–Trinajstić information content (AvgIpc) is 3.10. The summed E-state index contributed by atoms with van der Waals surface area (Å²) in [5, 5.41) is 2.62. The quantitative estimate of drug-likeness (QED) is 0.279. The first-order valence-electron chi connectivity index (χ1n) is 11.5. The third-order valence-electron chi connectivity index (χ3n) is 6.37. The Labute approximate surface area is 196 Å². The van der Waals surface area contributed by atoms with E-state index in [4.69, 9.17) is 0 Å². The van der Waals surface area contributed by atoms with Crippen LogP contribution in [0, 0.1) is 0 Å². The van der Waals surface area contributed by atoms with Gasteiger partial charge in [-0.25, -0.2) is 0 Å². The van der Waals surface area contributed by atoms with Crippen molar-refractivity contribution in [1.29, 1.82) is 0 Å². The number of benzene rings is 4. The normalized spacial score (nSPS) is 11.8. The van der Waals surface area contributed by atoms with Crippen LogP contribution in [-0.2, 0) is 13.6 Å². The summed E-state index contributed by atoms with van der Waals surface area (Å²) in [7, 11) is 8.54. The van der Waals surface area contributed by atoms with Crippen LogP contribution in [0.2, 0.25) is 0 Å². The Kier molecular flexibility index (Phi) is 5.76. The molecule has 3 heteroatoms. The molecule has 0 atom stereocenters. The van der Waals surface area contributed by atoms with Crippen molar-refractivity contribution in [3.63, 3.8) is 0 Å². The Balaban J connectivity index is 1.56. The van der Waals surface area contributed by atoms with E-state index in [9.17, 15) is 0 Å². The number of hydrogen-bond acceptors (Lipinski definition) is 2. The SMILES string of the molecule is CN(C)CN(C)Cc1cccc(-c2ccccc2-c2ccc3c4ccccc4n(C)c3c2)c1. The largest absolute Gasteiger partial charge is 0.344 e. The predicted molar refractivity (Wildman–Crippen MR) is 141 cm³/mol. The highest BCUT2D eigenvalue weighted by Gasteiger charge is 2.12. The number of nitrogens with zero attached hydrogens (tertiary/aromatic N) is 3. The van der Waals surface area contributed by atoms with Crippen molar-refractivity contribution in [1.82, 2.24) is 14.4 Å². The lowest BCUT2D eigenvalue weighted by Gasteiger charge is -2.21. The smallest absolute Gasteiger partial charge is 0.0501 e. The maximum atomic E-state index is 2.34. The van der Waals surface area contributed by atoms with Crippen LogP contribution in [0.1, 0.15) is 5.56 Å². The van der Waals surface area contributed by atoms with Gasteiger partial charge in [-0.1, -0.05) is 72.8 Å². The van der Waals surface area contributed by atoms with Crippen molar-refractivity contribution in [2.45, 2.75) is 6.54 Å². The molecule has 33 heavy (non-hydrogen) atoms. The minimum absolute atomic E-state index is 0.927. The second-order valence-electron chi connectivity index (χ2n) is 9.29. The van der Waals surface area contributed by atoms with E-state index in [2.05, 4.69) is 134 Å². The fourth-order valence-corrected chi connectivity index (χ4v) is 5.00. The first kappa shape index (κ1) is 21.4. The van der Waals surface area contributed by atoms with Gasteiger partial charge in [-0.15, -0.1) is 0 Å². The van der Waals surface area contributed by atoms with Crippen molar-refractivity contribution >= 4 is 21.8 Å². The third kappa shape index (κ3) is 4.18. The van der Waals surface area contributed by atoms with E-state index in [1.165, 1.54) is 49.6 Å². The third-order valence-corrected chi connectivity index (χ3v) is 6.37. The Morgan fingerprint density at radius 2 is 1.30 bits per heavy atom. The molecule has 0 aliphatic carbocycles. The van der Waals surface area contributed by atoms with Crippen LogP contribution in [0.15, 0.2) is 91.0 Å². The summed E-state index contributed by atoms with van der Waals surface area (Å²) in [6.07, 6.45) is 0. The zero-order valence-electron chi connectivity index (χ0n) is 19.9. The number of para-hydroxylation sites is 1. The van der Waals surface area contributed by atoms with Crippen molar-refractivity contribution < 1.29 is 0 Å². The molecule has 0 aliphatic heterocycles. The molecule has 0 saturated heterocycles. The molecule has 3 nitrogen and oxygen atoms in total. The monoisotopic (exact) mass is 433 g/mol. The fourth-order valence-electron chi connectivity index (χ4n) is 5.00. The molecule has 0 N–H and O–H groups in total. The predicted octanol–water partition coefficient (Wildman–Crippen LogP) is 6.62. The topological polar surface area (TPSA) is 11.4 Å². The van der Waals surface area contributed by atoms with Gasteiger partial charge in [-0.3, -0.25) is 9.80 Å². The van der Waals surface area contributed by atoms with Crippen molar-refractivity contribution in [2.75, 3.05) is 27.8 Å². The summed E-state index contributed by atoms with van der Waals surface area (Å²) in [6, 6.07) is 33.2. The van der Waals surface area contributed by atoms with Gasteiger partial charge in [0, 0.05) is 35.4 Å². The molecule has 0 saturated carbocycles.